The highest BCUT2D eigenvalue weighted by Crippen LogP contribution is 2.27. The number of piperidine rings is 1. The molecule has 1 aliphatic rings. The van der Waals surface area contributed by atoms with Crippen molar-refractivity contribution in [2.75, 3.05) is 32.6 Å². The molecule has 0 radical (unpaired) electrons. The SMILES string of the molecule is COCCn1c(SCC(=O)N2CCC(C)CC2)nc2cc(Cl)ccc21. The van der Waals surface area contributed by atoms with Crippen LogP contribution in [-0.2, 0) is 16.1 Å². The van der Waals surface area contributed by atoms with E-state index in [0.29, 0.717) is 23.9 Å². The van der Waals surface area contributed by atoms with E-state index in [1.165, 1.54) is 11.8 Å². The topological polar surface area (TPSA) is 47.4 Å². The molecule has 0 saturated carbocycles. The van der Waals surface area contributed by atoms with Gasteiger partial charge in [0.25, 0.3) is 0 Å². The number of halogens is 1. The molecule has 0 spiro atoms. The number of fused-ring (bicyclic) bond motifs is 1. The van der Waals surface area contributed by atoms with Gasteiger partial charge in [0.05, 0.1) is 23.4 Å². The number of carbonyl (C=O) groups excluding carboxylic acids is 1. The van der Waals surface area contributed by atoms with Crippen molar-refractivity contribution in [3.63, 3.8) is 0 Å². The lowest BCUT2D eigenvalue weighted by Crippen LogP contribution is -2.38. The summed E-state index contributed by atoms with van der Waals surface area (Å²) in [5.74, 6) is 1.33. The Balaban J connectivity index is 1.72. The molecule has 0 N–H and O–H groups in total. The van der Waals surface area contributed by atoms with Crippen LogP contribution in [0.1, 0.15) is 19.8 Å². The Morgan fingerprint density at radius 3 is 2.88 bits per heavy atom. The number of amides is 1. The van der Waals surface area contributed by atoms with Crippen LogP contribution in [0.5, 0.6) is 0 Å². The van der Waals surface area contributed by atoms with Crippen LogP contribution in [0.2, 0.25) is 5.02 Å². The molecule has 1 aliphatic heterocycles. The monoisotopic (exact) mass is 381 g/mol. The number of imidazole rings is 1. The third-order valence-corrected chi connectivity index (χ3v) is 5.85. The van der Waals surface area contributed by atoms with E-state index in [1.807, 2.05) is 23.1 Å². The Morgan fingerprint density at radius 1 is 1.40 bits per heavy atom. The summed E-state index contributed by atoms with van der Waals surface area (Å²) in [5.41, 5.74) is 1.87. The Morgan fingerprint density at radius 2 is 2.16 bits per heavy atom. The van der Waals surface area contributed by atoms with Crippen molar-refractivity contribution in [1.82, 2.24) is 14.5 Å². The van der Waals surface area contributed by atoms with Gasteiger partial charge in [0.2, 0.25) is 5.91 Å². The van der Waals surface area contributed by atoms with E-state index >= 15 is 0 Å². The summed E-state index contributed by atoms with van der Waals surface area (Å²) in [6.07, 6.45) is 2.20. The number of hydrogen-bond donors (Lipinski definition) is 0. The van der Waals surface area contributed by atoms with E-state index < -0.39 is 0 Å². The van der Waals surface area contributed by atoms with Crippen molar-refractivity contribution in [3.8, 4) is 0 Å². The number of ether oxygens (including phenoxy) is 1. The first-order valence-electron chi connectivity index (χ1n) is 8.63. The van der Waals surface area contributed by atoms with Gasteiger partial charge in [-0.1, -0.05) is 30.3 Å². The van der Waals surface area contributed by atoms with Gasteiger partial charge in [-0.25, -0.2) is 4.98 Å². The number of benzene rings is 1. The quantitative estimate of drug-likeness (QED) is 0.716. The van der Waals surface area contributed by atoms with Crippen LogP contribution in [-0.4, -0.2) is 52.9 Å². The maximum atomic E-state index is 12.5. The van der Waals surface area contributed by atoms with Crippen LogP contribution in [0.4, 0.5) is 0 Å². The third kappa shape index (κ3) is 4.49. The number of methoxy groups -OCH3 is 1. The Hall–Kier alpha value is -1.24. The maximum absolute atomic E-state index is 12.5. The van der Waals surface area contributed by atoms with Crippen LogP contribution >= 0.6 is 23.4 Å². The van der Waals surface area contributed by atoms with Crippen molar-refractivity contribution in [2.45, 2.75) is 31.5 Å². The average Bonchev–Trinajstić information content (AvgIpc) is 2.95. The normalized spacial score (nSPS) is 15.9. The lowest BCUT2D eigenvalue weighted by atomic mass is 9.99. The molecule has 0 atom stereocenters. The zero-order chi connectivity index (χ0) is 17.8. The van der Waals surface area contributed by atoms with E-state index in [4.69, 9.17) is 16.3 Å². The van der Waals surface area contributed by atoms with Crippen LogP contribution in [0.3, 0.4) is 0 Å². The van der Waals surface area contributed by atoms with Gasteiger partial charge in [0.15, 0.2) is 5.16 Å². The minimum atomic E-state index is 0.195. The number of hydrogen-bond acceptors (Lipinski definition) is 4. The average molecular weight is 382 g/mol. The fourth-order valence-electron chi connectivity index (χ4n) is 3.07. The second kappa shape index (κ2) is 8.43. The number of carbonyl (C=O) groups is 1. The first-order chi connectivity index (χ1) is 12.1. The van der Waals surface area contributed by atoms with E-state index in [-0.39, 0.29) is 5.91 Å². The number of nitrogens with zero attached hydrogens (tertiary/aromatic N) is 3. The minimum absolute atomic E-state index is 0.195. The predicted molar refractivity (Wildman–Crippen MR) is 102 cm³/mol. The first kappa shape index (κ1) is 18.5. The lowest BCUT2D eigenvalue weighted by Gasteiger charge is -2.30. The summed E-state index contributed by atoms with van der Waals surface area (Å²) in [4.78, 5) is 19.1. The molecular weight excluding hydrogens is 358 g/mol. The van der Waals surface area contributed by atoms with Gasteiger partial charge in [-0.15, -0.1) is 0 Å². The molecular formula is C18H24ClN3O2S. The van der Waals surface area contributed by atoms with Gasteiger partial charge in [-0.05, 0) is 37.0 Å². The van der Waals surface area contributed by atoms with Crippen molar-refractivity contribution in [1.29, 1.82) is 0 Å². The Labute approximate surface area is 157 Å². The fraction of sp³-hybridized carbons (Fsp3) is 0.556. The van der Waals surface area contributed by atoms with Crippen molar-refractivity contribution in [2.24, 2.45) is 5.92 Å². The highest BCUT2D eigenvalue weighted by atomic mass is 35.5. The summed E-state index contributed by atoms with van der Waals surface area (Å²) >= 11 is 7.58. The largest absolute Gasteiger partial charge is 0.383 e. The predicted octanol–water partition coefficient (Wildman–Crippen LogP) is 3.69. The zero-order valence-corrected chi connectivity index (χ0v) is 16.3. The summed E-state index contributed by atoms with van der Waals surface area (Å²) in [6.45, 7) is 5.29. The van der Waals surface area contributed by atoms with E-state index in [9.17, 15) is 4.79 Å². The van der Waals surface area contributed by atoms with Crippen LogP contribution in [0, 0.1) is 5.92 Å². The van der Waals surface area contributed by atoms with E-state index in [1.54, 1.807) is 7.11 Å². The van der Waals surface area contributed by atoms with Crippen molar-refractivity contribution < 1.29 is 9.53 Å². The molecule has 2 heterocycles. The molecule has 0 bridgehead atoms. The van der Waals surface area contributed by atoms with Gasteiger partial charge < -0.3 is 14.2 Å². The molecule has 0 aliphatic carbocycles. The van der Waals surface area contributed by atoms with Crippen LogP contribution < -0.4 is 0 Å². The number of aromatic nitrogens is 2. The third-order valence-electron chi connectivity index (χ3n) is 4.66. The zero-order valence-electron chi connectivity index (χ0n) is 14.7. The minimum Gasteiger partial charge on any atom is -0.383 e. The first-order valence-corrected chi connectivity index (χ1v) is 10.00. The van der Waals surface area contributed by atoms with Gasteiger partial charge in [0, 0.05) is 31.8 Å². The number of likely N-dealkylation sites (tertiary alicyclic amines) is 1. The van der Waals surface area contributed by atoms with Gasteiger partial charge in [-0.2, -0.15) is 0 Å². The van der Waals surface area contributed by atoms with Gasteiger partial charge >= 0.3 is 0 Å². The second-order valence-corrected chi connectivity index (χ2v) is 7.90. The Kier molecular flexibility index (Phi) is 6.25. The van der Waals surface area contributed by atoms with Gasteiger partial charge in [-0.3, -0.25) is 4.79 Å². The van der Waals surface area contributed by atoms with Gasteiger partial charge in [0.1, 0.15) is 0 Å². The maximum Gasteiger partial charge on any atom is 0.233 e. The Bertz CT molecular complexity index is 741. The second-order valence-electron chi connectivity index (χ2n) is 6.52. The molecule has 1 saturated heterocycles. The van der Waals surface area contributed by atoms with Crippen molar-refractivity contribution >= 4 is 40.3 Å². The summed E-state index contributed by atoms with van der Waals surface area (Å²) in [7, 11) is 1.68. The molecule has 3 rings (SSSR count). The molecule has 136 valence electrons. The highest BCUT2D eigenvalue weighted by Gasteiger charge is 2.21. The summed E-state index contributed by atoms with van der Waals surface area (Å²) in [6, 6.07) is 5.69. The standard InChI is InChI=1S/C18H24ClN3O2S/c1-13-5-7-21(8-6-13)17(23)12-25-18-20-15-11-14(19)3-4-16(15)22(18)9-10-24-2/h3-4,11,13H,5-10,12H2,1-2H3. The smallest absolute Gasteiger partial charge is 0.233 e. The molecule has 1 amide bonds. The van der Waals surface area contributed by atoms with Crippen LogP contribution in [0.15, 0.2) is 23.4 Å². The number of thioether (sulfide) groups is 1. The molecule has 25 heavy (non-hydrogen) atoms. The lowest BCUT2D eigenvalue weighted by molar-refractivity contribution is -0.129. The van der Waals surface area contributed by atoms with Crippen LogP contribution in [0.25, 0.3) is 11.0 Å². The molecule has 2 aromatic rings. The highest BCUT2D eigenvalue weighted by molar-refractivity contribution is 7.99. The molecule has 7 heteroatoms. The summed E-state index contributed by atoms with van der Waals surface area (Å²) < 4.78 is 7.32. The fourth-order valence-corrected chi connectivity index (χ4v) is 4.18. The number of rotatable bonds is 6. The molecule has 1 aromatic heterocycles. The molecule has 5 nitrogen and oxygen atoms in total. The van der Waals surface area contributed by atoms with E-state index in [2.05, 4.69) is 16.5 Å². The molecule has 0 unspecified atom stereocenters. The molecule has 1 fully saturated rings. The van der Waals surface area contributed by atoms with E-state index in [0.717, 1.165) is 48.0 Å². The van der Waals surface area contributed by atoms with Crippen molar-refractivity contribution in [3.05, 3.63) is 23.2 Å². The summed E-state index contributed by atoms with van der Waals surface area (Å²) in [5, 5.41) is 1.51. The molecule has 1 aromatic carbocycles.